The first-order valence-corrected chi connectivity index (χ1v) is 10.3. The lowest BCUT2D eigenvalue weighted by Crippen LogP contribution is -2.53. The number of hydrogen-bond acceptors (Lipinski definition) is 3. The number of hydrogen-bond donors (Lipinski definition) is 0. The largest absolute Gasteiger partial charge is 0.376 e. The average Bonchev–Trinajstić information content (AvgIpc) is 3.29. The highest BCUT2D eigenvalue weighted by atomic mass is 16.5. The van der Waals surface area contributed by atoms with Crippen LogP contribution < -0.4 is 0 Å². The SMILES string of the molecule is Cc1c(C(=O)N2CCC3(CCC(=O)N(C[C@@H]4CCCO4)C3)CC2)ccn1C. The molecule has 1 spiro atoms. The molecule has 1 aromatic heterocycles. The zero-order valence-corrected chi connectivity index (χ0v) is 16.6. The summed E-state index contributed by atoms with van der Waals surface area (Å²) in [5.41, 5.74) is 2.01. The van der Waals surface area contributed by atoms with Crippen molar-refractivity contribution >= 4 is 11.8 Å². The number of aromatic nitrogens is 1. The number of nitrogens with zero attached hydrogens (tertiary/aromatic N) is 3. The lowest BCUT2D eigenvalue weighted by Gasteiger charge is -2.47. The van der Waals surface area contributed by atoms with Crippen LogP contribution >= 0.6 is 0 Å². The Bertz CT molecular complexity index is 712. The van der Waals surface area contributed by atoms with Crippen LogP contribution in [0.25, 0.3) is 0 Å². The van der Waals surface area contributed by atoms with Crippen LogP contribution in [0, 0.1) is 12.3 Å². The van der Waals surface area contributed by atoms with Crippen molar-refractivity contribution in [1.82, 2.24) is 14.4 Å². The number of piperidine rings is 2. The summed E-state index contributed by atoms with van der Waals surface area (Å²) in [5.74, 6) is 0.417. The molecule has 0 saturated carbocycles. The van der Waals surface area contributed by atoms with Crippen molar-refractivity contribution in [2.45, 2.75) is 51.6 Å². The lowest BCUT2D eigenvalue weighted by atomic mass is 9.72. The summed E-state index contributed by atoms with van der Waals surface area (Å²) in [5, 5.41) is 0. The molecule has 6 nitrogen and oxygen atoms in total. The van der Waals surface area contributed by atoms with Gasteiger partial charge in [-0.1, -0.05) is 0 Å². The van der Waals surface area contributed by atoms with E-state index in [-0.39, 0.29) is 23.3 Å². The summed E-state index contributed by atoms with van der Waals surface area (Å²) in [4.78, 5) is 29.3. The second kappa shape index (κ2) is 7.30. The lowest BCUT2D eigenvalue weighted by molar-refractivity contribution is -0.141. The van der Waals surface area contributed by atoms with E-state index in [9.17, 15) is 9.59 Å². The molecule has 0 radical (unpaired) electrons. The Morgan fingerprint density at radius 2 is 2.07 bits per heavy atom. The minimum atomic E-state index is 0.144. The predicted octanol–water partition coefficient (Wildman–Crippen LogP) is 2.36. The maximum Gasteiger partial charge on any atom is 0.255 e. The Morgan fingerprint density at radius 1 is 1.30 bits per heavy atom. The summed E-state index contributed by atoms with van der Waals surface area (Å²) in [6.07, 6.45) is 7.90. The molecule has 3 aliphatic heterocycles. The van der Waals surface area contributed by atoms with Crippen molar-refractivity contribution < 1.29 is 14.3 Å². The molecule has 3 saturated heterocycles. The Morgan fingerprint density at radius 3 is 2.70 bits per heavy atom. The minimum Gasteiger partial charge on any atom is -0.376 e. The van der Waals surface area contributed by atoms with Gasteiger partial charge in [-0.05, 0) is 50.5 Å². The van der Waals surface area contributed by atoms with E-state index in [0.717, 1.165) is 76.1 Å². The van der Waals surface area contributed by atoms with Crippen LogP contribution in [-0.4, -0.2) is 65.1 Å². The fraction of sp³-hybridized carbons (Fsp3) is 0.714. The summed E-state index contributed by atoms with van der Waals surface area (Å²) >= 11 is 0. The van der Waals surface area contributed by atoms with Crippen molar-refractivity contribution in [2.75, 3.05) is 32.8 Å². The van der Waals surface area contributed by atoms with Crippen molar-refractivity contribution in [1.29, 1.82) is 0 Å². The maximum absolute atomic E-state index is 12.9. The molecular formula is C21H31N3O3. The van der Waals surface area contributed by atoms with E-state index in [0.29, 0.717) is 6.42 Å². The van der Waals surface area contributed by atoms with E-state index in [1.807, 2.05) is 40.6 Å². The molecular weight excluding hydrogens is 342 g/mol. The van der Waals surface area contributed by atoms with Crippen LogP contribution in [0.5, 0.6) is 0 Å². The standard InChI is InChI=1S/C21H31N3O3/c1-16-18(6-10-22(16)2)20(26)23-11-8-21(9-12-23)7-5-19(25)24(15-21)14-17-4-3-13-27-17/h6,10,17H,3-5,7-9,11-15H2,1-2H3/t17-/m0/s1. The van der Waals surface area contributed by atoms with Crippen molar-refractivity contribution in [3.8, 4) is 0 Å². The third-order valence-corrected chi connectivity index (χ3v) is 6.92. The highest BCUT2D eigenvalue weighted by Crippen LogP contribution is 2.40. The fourth-order valence-electron chi connectivity index (χ4n) is 4.90. The molecule has 0 aromatic carbocycles. The topological polar surface area (TPSA) is 54.8 Å². The molecule has 0 N–H and O–H groups in total. The molecule has 27 heavy (non-hydrogen) atoms. The van der Waals surface area contributed by atoms with Crippen molar-refractivity contribution in [3.05, 3.63) is 23.5 Å². The van der Waals surface area contributed by atoms with Crippen molar-refractivity contribution in [2.24, 2.45) is 12.5 Å². The van der Waals surface area contributed by atoms with E-state index >= 15 is 0 Å². The maximum atomic E-state index is 12.9. The summed E-state index contributed by atoms with van der Waals surface area (Å²) in [6.45, 7) is 5.97. The first kappa shape index (κ1) is 18.5. The molecule has 0 bridgehead atoms. The molecule has 148 valence electrons. The Kier molecular flexibility index (Phi) is 5.01. The molecule has 0 aliphatic carbocycles. The number of carbonyl (C=O) groups is 2. The van der Waals surface area contributed by atoms with Crippen LogP contribution in [0.4, 0.5) is 0 Å². The zero-order valence-electron chi connectivity index (χ0n) is 16.6. The number of aryl methyl sites for hydroxylation is 1. The first-order valence-electron chi connectivity index (χ1n) is 10.3. The predicted molar refractivity (Wildman–Crippen MR) is 103 cm³/mol. The van der Waals surface area contributed by atoms with Gasteiger partial charge in [0.25, 0.3) is 5.91 Å². The van der Waals surface area contributed by atoms with Crippen molar-refractivity contribution in [3.63, 3.8) is 0 Å². The molecule has 1 atom stereocenters. The number of likely N-dealkylation sites (tertiary alicyclic amines) is 2. The zero-order chi connectivity index (χ0) is 19.0. The van der Waals surface area contributed by atoms with Gasteiger partial charge in [0.15, 0.2) is 0 Å². The molecule has 3 aliphatic rings. The Labute approximate surface area is 161 Å². The van der Waals surface area contributed by atoms with Gasteiger partial charge in [0.2, 0.25) is 5.91 Å². The van der Waals surface area contributed by atoms with Gasteiger partial charge < -0.3 is 19.1 Å². The van der Waals surface area contributed by atoms with E-state index in [1.165, 1.54) is 0 Å². The van der Waals surface area contributed by atoms with Gasteiger partial charge in [0.1, 0.15) is 0 Å². The van der Waals surface area contributed by atoms with Gasteiger partial charge in [-0.2, -0.15) is 0 Å². The highest BCUT2D eigenvalue weighted by molar-refractivity contribution is 5.95. The van der Waals surface area contributed by atoms with E-state index in [2.05, 4.69) is 0 Å². The van der Waals surface area contributed by atoms with Gasteiger partial charge in [-0.15, -0.1) is 0 Å². The fourth-order valence-corrected chi connectivity index (χ4v) is 4.90. The number of carbonyl (C=O) groups excluding carboxylic acids is 2. The van der Waals surface area contributed by atoms with Gasteiger partial charge >= 0.3 is 0 Å². The van der Waals surface area contributed by atoms with Gasteiger partial charge in [-0.3, -0.25) is 9.59 Å². The molecule has 4 heterocycles. The molecule has 2 amide bonds. The average molecular weight is 373 g/mol. The summed E-state index contributed by atoms with van der Waals surface area (Å²) in [6, 6.07) is 1.92. The first-order chi connectivity index (χ1) is 13.0. The second-order valence-corrected chi connectivity index (χ2v) is 8.63. The van der Waals surface area contributed by atoms with Gasteiger partial charge in [0.05, 0.1) is 11.7 Å². The molecule has 4 rings (SSSR count). The van der Waals surface area contributed by atoms with Crippen LogP contribution in [-0.2, 0) is 16.6 Å². The summed E-state index contributed by atoms with van der Waals surface area (Å²) < 4.78 is 7.74. The third-order valence-electron chi connectivity index (χ3n) is 6.92. The Hall–Kier alpha value is -1.82. The molecule has 1 aromatic rings. The minimum absolute atomic E-state index is 0.144. The molecule has 6 heteroatoms. The highest BCUT2D eigenvalue weighted by Gasteiger charge is 2.42. The van der Waals surface area contributed by atoms with Crippen LogP contribution in [0.2, 0.25) is 0 Å². The normalized spacial score (nSPS) is 25.4. The van der Waals surface area contributed by atoms with E-state index in [1.54, 1.807) is 0 Å². The molecule has 3 fully saturated rings. The number of rotatable bonds is 3. The van der Waals surface area contributed by atoms with Crippen LogP contribution in [0.15, 0.2) is 12.3 Å². The quantitative estimate of drug-likeness (QED) is 0.817. The van der Waals surface area contributed by atoms with Gasteiger partial charge in [0, 0.05) is 58.1 Å². The monoisotopic (exact) mass is 373 g/mol. The van der Waals surface area contributed by atoms with Gasteiger partial charge in [-0.25, -0.2) is 0 Å². The van der Waals surface area contributed by atoms with E-state index < -0.39 is 0 Å². The van der Waals surface area contributed by atoms with E-state index in [4.69, 9.17) is 4.74 Å². The summed E-state index contributed by atoms with van der Waals surface area (Å²) in [7, 11) is 1.97. The molecule has 0 unspecified atom stereocenters. The van der Waals surface area contributed by atoms with Crippen LogP contribution in [0.1, 0.15) is 54.6 Å². The Balaban J connectivity index is 1.38. The second-order valence-electron chi connectivity index (χ2n) is 8.63. The number of amides is 2. The smallest absolute Gasteiger partial charge is 0.255 e. The number of ether oxygens (including phenoxy) is 1. The third kappa shape index (κ3) is 3.64. The van der Waals surface area contributed by atoms with Crippen LogP contribution in [0.3, 0.4) is 0 Å².